The van der Waals surface area contributed by atoms with E-state index in [4.69, 9.17) is 0 Å². The van der Waals surface area contributed by atoms with Gasteiger partial charge in [0.15, 0.2) is 0 Å². The monoisotopic (exact) mass is 487 g/mol. The summed E-state index contributed by atoms with van der Waals surface area (Å²) >= 11 is 0. The molecule has 0 spiro atoms. The summed E-state index contributed by atoms with van der Waals surface area (Å²) in [7, 11) is 0. The molecule has 1 heterocycles. The molecule has 5 nitrogen and oxygen atoms in total. The van der Waals surface area contributed by atoms with Crippen molar-refractivity contribution >= 4 is 5.91 Å². The maximum absolute atomic E-state index is 13.5. The van der Waals surface area contributed by atoms with Crippen molar-refractivity contribution in [2.45, 2.75) is 46.9 Å². The van der Waals surface area contributed by atoms with Crippen molar-refractivity contribution in [1.82, 2.24) is 14.5 Å². The zero-order valence-corrected chi connectivity index (χ0v) is 20.5. The summed E-state index contributed by atoms with van der Waals surface area (Å²) in [5.41, 5.74) is 2.40. The molecule has 0 saturated carbocycles. The number of alkyl halides is 3. The van der Waals surface area contributed by atoms with Crippen molar-refractivity contribution in [3.63, 3.8) is 0 Å². The normalized spacial score (nSPS) is 11.8. The molecule has 1 amide bonds. The van der Waals surface area contributed by atoms with Crippen LogP contribution in [0.2, 0.25) is 0 Å². The molecule has 0 unspecified atom stereocenters. The molecular formula is C27H32F3N3O2. The van der Waals surface area contributed by atoms with Crippen molar-refractivity contribution in [3.05, 3.63) is 66.7 Å². The van der Waals surface area contributed by atoms with Crippen LogP contribution in [0, 0.1) is 11.8 Å². The first-order valence-corrected chi connectivity index (χ1v) is 11.8. The fraction of sp³-hybridized carbons (Fsp3) is 0.407. The highest BCUT2D eigenvalue weighted by Gasteiger charge is 2.31. The van der Waals surface area contributed by atoms with Crippen LogP contribution in [0.25, 0.3) is 16.8 Å². The minimum absolute atomic E-state index is 0.0882. The smallest absolute Gasteiger partial charge is 0.406 e. The highest BCUT2D eigenvalue weighted by molar-refractivity contribution is 5.93. The maximum atomic E-state index is 13.5. The molecule has 8 heteroatoms. The summed E-state index contributed by atoms with van der Waals surface area (Å²) in [5, 5.41) is 0. The topological polar surface area (TPSA) is 47.4 Å². The van der Waals surface area contributed by atoms with E-state index in [-0.39, 0.29) is 11.7 Å². The molecule has 1 aromatic heterocycles. The van der Waals surface area contributed by atoms with Crippen LogP contribution in [-0.2, 0) is 0 Å². The number of rotatable bonds is 10. The Morgan fingerprint density at radius 1 is 0.971 bits per heavy atom. The van der Waals surface area contributed by atoms with Gasteiger partial charge in [-0.25, -0.2) is 4.98 Å². The van der Waals surface area contributed by atoms with Gasteiger partial charge in [-0.1, -0.05) is 52.0 Å². The second kappa shape index (κ2) is 11.4. The molecule has 3 rings (SSSR count). The minimum atomic E-state index is -4.76. The largest absolute Gasteiger partial charge is 0.573 e. The third kappa shape index (κ3) is 7.60. The molecule has 0 bridgehead atoms. The summed E-state index contributed by atoms with van der Waals surface area (Å²) in [5.74, 6) is 0.575. The van der Waals surface area contributed by atoms with E-state index >= 15 is 0 Å². The fourth-order valence-corrected chi connectivity index (χ4v) is 3.67. The lowest BCUT2D eigenvalue weighted by atomic mass is 10.0. The molecule has 2 aromatic carbocycles. The molecule has 0 fully saturated rings. The predicted molar refractivity (Wildman–Crippen MR) is 130 cm³/mol. The van der Waals surface area contributed by atoms with Crippen molar-refractivity contribution in [3.8, 4) is 22.6 Å². The lowest BCUT2D eigenvalue weighted by Gasteiger charge is -2.25. The van der Waals surface area contributed by atoms with Gasteiger partial charge in [-0.05, 0) is 60.1 Å². The molecule has 0 N–H and O–H groups in total. The average Bonchev–Trinajstić information content (AvgIpc) is 3.27. The van der Waals surface area contributed by atoms with Gasteiger partial charge in [-0.3, -0.25) is 9.36 Å². The Morgan fingerprint density at radius 3 is 2.17 bits per heavy atom. The van der Waals surface area contributed by atoms with Crippen molar-refractivity contribution < 1.29 is 22.7 Å². The van der Waals surface area contributed by atoms with Crippen molar-refractivity contribution in [1.29, 1.82) is 0 Å². The molecule has 0 aliphatic heterocycles. The number of nitrogens with zero attached hydrogens (tertiary/aromatic N) is 3. The van der Waals surface area contributed by atoms with Gasteiger partial charge >= 0.3 is 6.36 Å². The predicted octanol–water partition coefficient (Wildman–Crippen LogP) is 6.97. The Labute approximate surface area is 204 Å². The number of amides is 1. The summed E-state index contributed by atoms with van der Waals surface area (Å²) in [6.07, 6.45) is 0.195. The molecule has 0 atom stereocenters. The molecule has 0 aliphatic carbocycles. The number of carbonyl (C=O) groups is 1. The van der Waals surface area contributed by atoms with E-state index in [0.717, 1.165) is 12.8 Å². The fourth-order valence-electron chi connectivity index (χ4n) is 3.67. The second-order valence-corrected chi connectivity index (χ2v) is 9.43. The van der Waals surface area contributed by atoms with E-state index < -0.39 is 6.36 Å². The summed E-state index contributed by atoms with van der Waals surface area (Å²) in [6.45, 7) is 9.87. The van der Waals surface area contributed by atoms with Gasteiger partial charge in [0.05, 0.1) is 12.5 Å². The number of aromatic nitrogens is 2. The Bertz CT molecular complexity index is 1110. The van der Waals surface area contributed by atoms with Gasteiger partial charge in [0.2, 0.25) is 0 Å². The zero-order chi connectivity index (χ0) is 25.6. The van der Waals surface area contributed by atoms with Crippen LogP contribution in [0.3, 0.4) is 0 Å². The van der Waals surface area contributed by atoms with Gasteiger partial charge in [0, 0.05) is 18.8 Å². The summed E-state index contributed by atoms with van der Waals surface area (Å²) < 4.78 is 43.7. The third-order valence-corrected chi connectivity index (χ3v) is 5.62. The van der Waals surface area contributed by atoms with Crippen molar-refractivity contribution in [2.75, 3.05) is 13.1 Å². The molecule has 188 valence electrons. The van der Waals surface area contributed by atoms with Gasteiger partial charge in [-0.2, -0.15) is 0 Å². The first kappa shape index (κ1) is 26.3. The number of hydrogen-bond acceptors (Lipinski definition) is 3. The number of ether oxygens (including phenoxy) is 1. The Hall–Kier alpha value is -3.29. The lowest BCUT2D eigenvalue weighted by Crippen LogP contribution is -2.35. The van der Waals surface area contributed by atoms with E-state index in [9.17, 15) is 18.0 Å². The van der Waals surface area contributed by atoms with Crippen molar-refractivity contribution in [2.24, 2.45) is 11.8 Å². The van der Waals surface area contributed by atoms with Crippen LogP contribution >= 0.6 is 0 Å². The first-order valence-electron chi connectivity index (χ1n) is 11.8. The van der Waals surface area contributed by atoms with Crippen LogP contribution in [0.4, 0.5) is 13.2 Å². The van der Waals surface area contributed by atoms with Gasteiger partial charge in [0.1, 0.15) is 11.4 Å². The lowest BCUT2D eigenvalue weighted by molar-refractivity contribution is -0.274. The molecular weight excluding hydrogens is 455 g/mol. The third-order valence-electron chi connectivity index (χ3n) is 5.62. The first-order chi connectivity index (χ1) is 16.5. The average molecular weight is 488 g/mol. The molecule has 0 saturated heterocycles. The second-order valence-electron chi connectivity index (χ2n) is 9.43. The van der Waals surface area contributed by atoms with Gasteiger partial charge < -0.3 is 9.64 Å². The molecule has 35 heavy (non-hydrogen) atoms. The maximum Gasteiger partial charge on any atom is 0.573 e. The Kier molecular flexibility index (Phi) is 8.59. The van der Waals surface area contributed by atoms with E-state index in [1.165, 1.54) is 18.2 Å². The Morgan fingerprint density at radius 2 is 1.57 bits per heavy atom. The number of halogens is 3. The van der Waals surface area contributed by atoms with Crippen LogP contribution < -0.4 is 4.74 Å². The van der Waals surface area contributed by atoms with E-state index in [2.05, 4.69) is 37.4 Å². The molecule has 0 aliphatic rings. The van der Waals surface area contributed by atoms with Crippen LogP contribution in [0.15, 0.2) is 61.1 Å². The van der Waals surface area contributed by atoms with Gasteiger partial charge in [0.25, 0.3) is 5.91 Å². The summed E-state index contributed by atoms with van der Waals surface area (Å²) in [4.78, 5) is 19.6. The molecule has 0 radical (unpaired) electrons. The highest BCUT2D eigenvalue weighted by atomic mass is 19.4. The minimum Gasteiger partial charge on any atom is -0.406 e. The number of imidazole rings is 1. The number of carbonyl (C=O) groups excluding carboxylic acids is 1. The summed E-state index contributed by atoms with van der Waals surface area (Å²) in [6, 6.07) is 13.1. The number of benzene rings is 2. The van der Waals surface area contributed by atoms with E-state index in [1.807, 2.05) is 17.0 Å². The number of hydrogen-bond donors (Lipinski definition) is 0. The van der Waals surface area contributed by atoms with Crippen LogP contribution in [0.5, 0.6) is 5.75 Å². The van der Waals surface area contributed by atoms with Crippen LogP contribution in [0.1, 0.15) is 51.0 Å². The Balaban J connectivity index is 1.89. The van der Waals surface area contributed by atoms with E-state index in [1.54, 1.807) is 35.3 Å². The SMILES string of the molecule is CC(C)CCN(CCC(C)C)C(=O)c1cncn1-c1cccc(-c2cccc(OC(F)(F)F)c2)c1. The molecule has 3 aromatic rings. The highest BCUT2D eigenvalue weighted by Crippen LogP contribution is 2.29. The zero-order valence-electron chi connectivity index (χ0n) is 20.5. The van der Waals surface area contributed by atoms with Crippen LogP contribution in [-0.4, -0.2) is 39.8 Å². The van der Waals surface area contributed by atoms with E-state index in [0.29, 0.717) is 47.4 Å². The van der Waals surface area contributed by atoms with Gasteiger partial charge in [-0.15, -0.1) is 13.2 Å². The standard InChI is InChI=1S/C27H32F3N3O2/c1-19(2)11-13-32(14-12-20(3)4)26(34)25-17-31-18-33(25)23-9-5-7-21(15-23)22-8-6-10-24(16-22)35-27(28,29)30/h5-10,15-20H,11-14H2,1-4H3. The quantitative estimate of drug-likeness (QED) is 0.310.